The molecular formula is C16H22N4O. The van der Waals surface area contributed by atoms with Gasteiger partial charge in [0, 0.05) is 24.7 Å². The Bertz CT molecular complexity index is 604. The van der Waals surface area contributed by atoms with Crippen LogP contribution >= 0.6 is 0 Å². The van der Waals surface area contributed by atoms with Gasteiger partial charge in [0.25, 0.3) is 0 Å². The second-order valence-electron chi connectivity index (χ2n) is 5.40. The van der Waals surface area contributed by atoms with E-state index in [-0.39, 0.29) is 12.1 Å². The molecule has 0 spiro atoms. The second kappa shape index (κ2) is 6.49. The van der Waals surface area contributed by atoms with Gasteiger partial charge in [-0.2, -0.15) is 0 Å². The summed E-state index contributed by atoms with van der Waals surface area (Å²) in [5.74, 6) is 5.80. The number of fused-ring (bicyclic) bond motifs is 1. The minimum atomic E-state index is -0.0224. The number of pyridine rings is 1. The van der Waals surface area contributed by atoms with Crippen LogP contribution in [0.4, 0.5) is 0 Å². The van der Waals surface area contributed by atoms with Crippen molar-refractivity contribution in [2.45, 2.75) is 19.1 Å². The summed E-state index contributed by atoms with van der Waals surface area (Å²) in [6, 6.07) is 10.3. The van der Waals surface area contributed by atoms with Gasteiger partial charge in [0.15, 0.2) is 0 Å². The monoisotopic (exact) mass is 286 g/mol. The van der Waals surface area contributed by atoms with E-state index in [9.17, 15) is 0 Å². The van der Waals surface area contributed by atoms with Crippen molar-refractivity contribution in [2.75, 3.05) is 26.2 Å². The summed E-state index contributed by atoms with van der Waals surface area (Å²) in [5.41, 5.74) is 5.02. The lowest BCUT2D eigenvalue weighted by atomic mass is 9.99. The molecule has 1 aliphatic heterocycles. The van der Waals surface area contributed by atoms with Crippen LogP contribution in [-0.4, -0.2) is 42.2 Å². The Labute approximate surface area is 125 Å². The Morgan fingerprint density at radius 3 is 3.19 bits per heavy atom. The summed E-state index contributed by atoms with van der Waals surface area (Å²) in [5, 5.41) is 1.14. The first-order chi connectivity index (χ1) is 10.3. The van der Waals surface area contributed by atoms with E-state index < -0.39 is 0 Å². The van der Waals surface area contributed by atoms with Crippen molar-refractivity contribution >= 4 is 10.9 Å². The fraction of sp³-hybridized carbons (Fsp3) is 0.438. The third-order valence-electron chi connectivity index (χ3n) is 4.17. The molecule has 0 amide bonds. The summed E-state index contributed by atoms with van der Waals surface area (Å²) >= 11 is 0. The summed E-state index contributed by atoms with van der Waals surface area (Å²) in [6.07, 6.45) is 1.87. The molecule has 5 heteroatoms. The van der Waals surface area contributed by atoms with Gasteiger partial charge >= 0.3 is 0 Å². The quantitative estimate of drug-likeness (QED) is 0.658. The van der Waals surface area contributed by atoms with E-state index in [4.69, 9.17) is 10.6 Å². The van der Waals surface area contributed by atoms with Crippen LogP contribution in [0.25, 0.3) is 10.9 Å². The van der Waals surface area contributed by atoms with E-state index >= 15 is 0 Å². The first-order valence-corrected chi connectivity index (χ1v) is 7.46. The third kappa shape index (κ3) is 3.06. The van der Waals surface area contributed by atoms with Crippen molar-refractivity contribution in [3.63, 3.8) is 0 Å². The predicted molar refractivity (Wildman–Crippen MR) is 83.7 cm³/mol. The number of aromatic nitrogens is 1. The molecule has 3 N–H and O–H groups in total. The third-order valence-corrected chi connectivity index (χ3v) is 4.17. The molecular weight excluding hydrogens is 264 g/mol. The maximum absolute atomic E-state index is 5.92. The number of benzene rings is 1. The van der Waals surface area contributed by atoms with Crippen molar-refractivity contribution in [3.8, 4) is 0 Å². The molecule has 21 heavy (non-hydrogen) atoms. The number of likely N-dealkylation sites (N-methyl/N-ethyl adjacent to an activating group) is 1. The maximum atomic E-state index is 5.92. The number of rotatable bonds is 4. The zero-order valence-corrected chi connectivity index (χ0v) is 12.3. The molecule has 1 saturated heterocycles. The summed E-state index contributed by atoms with van der Waals surface area (Å²) in [4.78, 5) is 6.80. The number of ether oxygens (including phenoxy) is 1. The highest BCUT2D eigenvalue weighted by atomic mass is 16.5. The van der Waals surface area contributed by atoms with Crippen molar-refractivity contribution < 1.29 is 4.74 Å². The van der Waals surface area contributed by atoms with E-state index in [0.717, 1.165) is 42.7 Å². The van der Waals surface area contributed by atoms with Crippen LogP contribution in [0.15, 0.2) is 36.5 Å². The second-order valence-corrected chi connectivity index (χ2v) is 5.40. The maximum Gasteiger partial charge on any atom is 0.0909 e. The lowest BCUT2D eigenvalue weighted by Gasteiger charge is -2.36. The smallest absolute Gasteiger partial charge is 0.0909 e. The minimum absolute atomic E-state index is 0.0224. The Kier molecular flexibility index (Phi) is 4.45. The average molecular weight is 286 g/mol. The molecule has 1 aliphatic rings. The molecule has 0 saturated carbocycles. The lowest BCUT2D eigenvalue weighted by Crippen LogP contribution is -2.49. The average Bonchev–Trinajstić information content (AvgIpc) is 2.56. The molecule has 1 aromatic heterocycles. The van der Waals surface area contributed by atoms with Crippen LogP contribution in [0.5, 0.6) is 0 Å². The molecule has 2 heterocycles. The van der Waals surface area contributed by atoms with Crippen LogP contribution in [0.2, 0.25) is 0 Å². The Balaban J connectivity index is 1.86. The van der Waals surface area contributed by atoms with E-state index in [0.29, 0.717) is 0 Å². The van der Waals surface area contributed by atoms with Crippen LogP contribution in [0.3, 0.4) is 0 Å². The first kappa shape index (κ1) is 14.4. The number of hydrogen-bond acceptors (Lipinski definition) is 5. The number of hydrogen-bond donors (Lipinski definition) is 2. The summed E-state index contributed by atoms with van der Waals surface area (Å²) in [6.45, 7) is 5.85. The van der Waals surface area contributed by atoms with E-state index in [1.807, 2.05) is 12.3 Å². The summed E-state index contributed by atoms with van der Waals surface area (Å²) in [7, 11) is 0. The Morgan fingerprint density at radius 1 is 1.48 bits per heavy atom. The highest BCUT2D eigenvalue weighted by Crippen LogP contribution is 2.24. The molecule has 5 nitrogen and oxygen atoms in total. The molecule has 1 aromatic carbocycles. The predicted octanol–water partition coefficient (Wildman–Crippen LogP) is 1.46. The van der Waals surface area contributed by atoms with Gasteiger partial charge in [-0.05, 0) is 24.2 Å². The number of nitrogens with one attached hydrogen (secondary N) is 1. The zero-order valence-electron chi connectivity index (χ0n) is 12.3. The van der Waals surface area contributed by atoms with Crippen molar-refractivity contribution in [1.82, 2.24) is 15.3 Å². The zero-order chi connectivity index (χ0) is 14.7. The van der Waals surface area contributed by atoms with Crippen molar-refractivity contribution in [3.05, 3.63) is 42.1 Å². The summed E-state index contributed by atoms with van der Waals surface area (Å²) < 4.78 is 5.92. The number of morpholine rings is 1. The molecule has 2 unspecified atom stereocenters. The Hall–Kier alpha value is -1.53. The molecule has 0 aliphatic carbocycles. The first-order valence-electron chi connectivity index (χ1n) is 7.46. The van der Waals surface area contributed by atoms with Crippen molar-refractivity contribution in [1.29, 1.82) is 0 Å². The van der Waals surface area contributed by atoms with Crippen LogP contribution in [0.1, 0.15) is 18.5 Å². The SMILES string of the molecule is CCN1CCOC(C(NN)c2ccc3cccnc3c2)C1. The molecule has 2 aromatic rings. The normalized spacial score (nSPS) is 21.5. The number of nitrogens with zero attached hydrogens (tertiary/aromatic N) is 2. The van der Waals surface area contributed by atoms with Gasteiger partial charge in [0.1, 0.15) is 0 Å². The molecule has 0 radical (unpaired) electrons. The lowest BCUT2D eigenvalue weighted by molar-refractivity contribution is -0.0456. The highest BCUT2D eigenvalue weighted by Gasteiger charge is 2.28. The van der Waals surface area contributed by atoms with Gasteiger partial charge in [-0.3, -0.25) is 21.2 Å². The van der Waals surface area contributed by atoms with Gasteiger partial charge in [0.2, 0.25) is 0 Å². The fourth-order valence-electron chi connectivity index (χ4n) is 2.92. The van der Waals surface area contributed by atoms with Gasteiger partial charge < -0.3 is 4.74 Å². The standard InChI is InChI=1S/C16H22N4O/c1-2-20-8-9-21-15(11-20)16(19-17)13-6-5-12-4-3-7-18-14(12)10-13/h3-7,10,15-16,19H,2,8-9,11,17H2,1H3. The van der Waals surface area contributed by atoms with Gasteiger partial charge in [0.05, 0.1) is 24.3 Å². The van der Waals surface area contributed by atoms with Gasteiger partial charge in [-0.15, -0.1) is 0 Å². The van der Waals surface area contributed by atoms with Crippen LogP contribution in [0, 0.1) is 0 Å². The van der Waals surface area contributed by atoms with Gasteiger partial charge in [-0.1, -0.05) is 25.1 Å². The van der Waals surface area contributed by atoms with Crippen molar-refractivity contribution in [2.24, 2.45) is 5.84 Å². The molecule has 1 fully saturated rings. The fourth-order valence-corrected chi connectivity index (χ4v) is 2.92. The van der Waals surface area contributed by atoms with Gasteiger partial charge in [-0.25, -0.2) is 0 Å². The largest absolute Gasteiger partial charge is 0.374 e. The molecule has 2 atom stereocenters. The molecule has 3 rings (SSSR count). The molecule has 112 valence electrons. The van der Waals surface area contributed by atoms with E-state index in [2.05, 4.69) is 46.5 Å². The van der Waals surface area contributed by atoms with E-state index in [1.165, 1.54) is 0 Å². The highest BCUT2D eigenvalue weighted by molar-refractivity contribution is 5.79. The number of nitrogens with two attached hydrogens (primary N) is 1. The van der Waals surface area contributed by atoms with Crippen LogP contribution < -0.4 is 11.3 Å². The van der Waals surface area contributed by atoms with E-state index in [1.54, 1.807) is 0 Å². The number of hydrazine groups is 1. The molecule has 0 bridgehead atoms. The topological polar surface area (TPSA) is 63.4 Å². The minimum Gasteiger partial charge on any atom is -0.374 e. The Morgan fingerprint density at radius 2 is 2.38 bits per heavy atom. The van der Waals surface area contributed by atoms with Crippen LogP contribution in [-0.2, 0) is 4.74 Å².